The van der Waals surface area contributed by atoms with Gasteiger partial charge >= 0.3 is 0 Å². The fourth-order valence-corrected chi connectivity index (χ4v) is 6.28. The number of fused-ring (bicyclic) bond motifs is 1. The molecule has 4 aromatic rings. The first-order valence-corrected chi connectivity index (χ1v) is 18.0. The first-order chi connectivity index (χ1) is 23.4. The maximum Gasteiger partial charge on any atom is 0.294 e. The quantitative estimate of drug-likeness (QED) is 0.140. The van der Waals surface area contributed by atoms with Gasteiger partial charge in [0, 0.05) is 41.0 Å². The summed E-state index contributed by atoms with van der Waals surface area (Å²) in [6.45, 7) is 8.55. The van der Waals surface area contributed by atoms with Gasteiger partial charge in [-0.1, -0.05) is 20.8 Å². The van der Waals surface area contributed by atoms with E-state index in [1.54, 1.807) is 12.1 Å². The molecule has 1 aliphatic heterocycles. The third-order valence-corrected chi connectivity index (χ3v) is 9.25. The predicted octanol–water partition coefficient (Wildman–Crippen LogP) is 3.17. The molecular weight excluding hydrogens is 691 g/mol. The molecule has 3 aromatic carbocycles. The molecule has 0 fully saturated rings. The largest absolute Gasteiger partial charge is 0.395 e. The molecule has 0 atom stereocenters. The van der Waals surface area contributed by atoms with Crippen molar-refractivity contribution in [2.75, 3.05) is 36.5 Å². The van der Waals surface area contributed by atoms with Gasteiger partial charge in [-0.05, 0) is 73.2 Å². The maximum atomic E-state index is 12.9. The summed E-state index contributed by atoms with van der Waals surface area (Å²) in [4.78, 5) is 24.1. The number of benzene rings is 3. The first kappa shape index (κ1) is 36.4. The molecule has 0 aliphatic carbocycles. The van der Waals surface area contributed by atoms with Crippen LogP contribution in [0.25, 0.3) is 11.4 Å². The van der Waals surface area contributed by atoms with E-state index in [4.69, 9.17) is 15.1 Å². The monoisotopic (exact) mass is 725 g/mol. The standard InChI is InChI=1S/C32H35N7O9S2/c1-19-15-23(38(11-13-40)12-14-41)9-10-26(19)34-27-28(32(2,3)4)36-39-30(27)35-29(37-39)20-5-7-22(8-6-20)33-31(42)21-16-24(49(43,44)45)18-25(17-21)50(46,47)48/h5-10,15-18,40-41H,11-14H2,1-4H3,(H,33,42)(H,43,44,45)(H,46,47,48). The first-order valence-electron chi connectivity index (χ1n) is 15.1. The number of nitrogens with one attached hydrogen (secondary N) is 1. The van der Waals surface area contributed by atoms with Crippen molar-refractivity contribution in [3.05, 3.63) is 77.6 Å². The van der Waals surface area contributed by atoms with E-state index in [1.165, 1.54) is 16.9 Å². The number of hydrogen-bond acceptors (Lipinski definition) is 12. The molecule has 0 bridgehead atoms. The van der Waals surface area contributed by atoms with Gasteiger partial charge in [-0.2, -0.15) is 21.9 Å². The lowest BCUT2D eigenvalue weighted by Crippen LogP contribution is -2.29. The molecule has 0 radical (unpaired) electrons. The van der Waals surface area contributed by atoms with Crippen molar-refractivity contribution in [1.82, 2.24) is 14.9 Å². The van der Waals surface area contributed by atoms with Crippen LogP contribution in [0.3, 0.4) is 0 Å². The summed E-state index contributed by atoms with van der Waals surface area (Å²) >= 11 is 0. The number of nitrogens with zero attached hydrogens (tertiary/aromatic N) is 6. The summed E-state index contributed by atoms with van der Waals surface area (Å²) in [5.41, 5.74) is 3.56. The molecule has 50 heavy (non-hydrogen) atoms. The van der Waals surface area contributed by atoms with Crippen LogP contribution in [0.15, 0.2) is 80.5 Å². The van der Waals surface area contributed by atoms with E-state index in [9.17, 15) is 40.9 Å². The molecule has 16 nitrogen and oxygen atoms in total. The molecule has 1 amide bonds. The van der Waals surface area contributed by atoms with E-state index < -0.39 is 46.9 Å². The van der Waals surface area contributed by atoms with Gasteiger partial charge in [-0.25, -0.2) is 9.98 Å². The Morgan fingerprint density at radius 3 is 2.02 bits per heavy atom. The minimum Gasteiger partial charge on any atom is -0.395 e. The lowest BCUT2D eigenvalue weighted by Gasteiger charge is -2.23. The van der Waals surface area contributed by atoms with Crippen LogP contribution >= 0.6 is 0 Å². The van der Waals surface area contributed by atoms with Crippen molar-refractivity contribution in [2.24, 2.45) is 15.5 Å². The van der Waals surface area contributed by atoms with Gasteiger partial charge < -0.3 is 20.4 Å². The highest BCUT2D eigenvalue weighted by molar-refractivity contribution is 7.86. The van der Waals surface area contributed by atoms with Gasteiger partial charge in [0.1, 0.15) is 5.71 Å². The Balaban J connectivity index is 1.42. The summed E-state index contributed by atoms with van der Waals surface area (Å²) in [6.07, 6.45) is 0. The summed E-state index contributed by atoms with van der Waals surface area (Å²) in [6, 6.07) is 14.0. The molecule has 1 aliphatic rings. The van der Waals surface area contributed by atoms with Crippen molar-refractivity contribution >= 4 is 54.6 Å². The Hall–Kier alpha value is -4.85. The molecule has 0 spiro atoms. The minimum atomic E-state index is -4.90. The molecule has 2 heterocycles. The number of carbonyl (C=O) groups is 1. The molecule has 0 saturated heterocycles. The van der Waals surface area contributed by atoms with Gasteiger partial charge in [0.15, 0.2) is 5.82 Å². The molecule has 18 heteroatoms. The van der Waals surface area contributed by atoms with Crippen molar-refractivity contribution < 1.29 is 40.9 Å². The number of aliphatic hydroxyl groups excluding tert-OH is 2. The topological polar surface area (TPSA) is 237 Å². The fourth-order valence-electron chi connectivity index (χ4n) is 5.10. The normalized spacial score (nSPS) is 14.1. The molecule has 1 aromatic heterocycles. The van der Waals surface area contributed by atoms with Gasteiger partial charge in [0.2, 0.25) is 5.82 Å². The number of aromatic nitrogens is 3. The molecule has 0 saturated carbocycles. The van der Waals surface area contributed by atoms with Gasteiger partial charge in [0.05, 0.1) is 34.4 Å². The second-order valence-electron chi connectivity index (χ2n) is 12.4. The average Bonchev–Trinajstić information content (AvgIpc) is 3.60. The van der Waals surface area contributed by atoms with Crippen LogP contribution in [-0.4, -0.2) is 94.7 Å². The SMILES string of the molecule is Cc1cc(N(CCO)CCO)ccc1N=C1C(C(C)(C)C)=Nn2nc(-c3ccc(NC(=O)c4cc(S(=O)(=O)O)cc(S(=O)(=O)O)c4)cc3)nc21. The number of carbonyl (C=O) groups excluding carboxylic acids is 1. The van der Waals surface area contributed by atoms with Crippen LogP contribution in [-0.2, 0) is 20.2 Å². The molecular formula is C32H35N7O9S2. The molecule has 5 N–H and O–H groups in total. The van der Waals surface area contributed by atoms with E-state index in [-0.39, 0.29) is 18.9 Å². The zero-order valence-corrected chi connectivity index (χ0v) is 29.1. The molecule has 5 rings (SSSR count). The number of aryl methyl sites for hydroxylation is 1. The van der Waals surface area contributed by atoms with Gasteiger partial charge in [-0.3, -0.25) is 13.9 Å². The van der Waals surface area contributed by atoms with E-state index in [0.717, 1.165) is 23.4 Å². The number of rotatable bonds is 11. The second-order valence-corrected chi connectivity index (χ2v) is 15.2. The summed E-state index contributed by atoms with van der Waals surface area (Å²) in [5.74, 6) is -0.173. The van der Waals surface area contributed by atoms with E-state index in [0.29, 0.717) is 53.5 Å². The Bertz CT molecular complexity index is 2190. The number of hydrogen-bond donors (Lipinski definition) is 5. The second kappa shape index (κ2) is 13.8. The van der Waals surface area contributed by atoms with Crippen LogP contribution in [0.2, 0.25) is 0 Å². The highest BCUT2D eigenvalue weighted by Crippen LogP contribution is 2.31. The van der Waals surface area contributed by atoms with Crippen molar-refractivity contribution in [3.8, 4) is 11.4 Å². The number of amides is 1. The number of anilines is 2. The third-order valence-electron chi connectivity index (χ3n) is 7.59. The van der Waals surface area contributed by atoms with Crippen molar-refractivity contribution in [2.45, 2.75) is 37.5 Å². The summed E-state index contributed by atoms with van der Waals surface area (Å²) < 4.78 is 65.3. The lowest BCUT2D eigenvalue weighted by molar-refractivity contribution is 0.102. The number of aliphatic hydroxyl groups is 2. The Labute approximate surface area is 288 Å². The smallest absolute Gasteiger partial charge is 0.294 e. The van der Waals surface area contributed by atoms with Crippen LogP contribution < -0.4 is 10.2 Å². The maximum absolute atomic E-state index is 12.9. The van der Waals surface area contributed by atoms with Crippen molar-refractivity contribution in [3.63, 3.8) is 0 Å². The summed E-state index contributed by atoms with van der Waals surface area (Å²) in [7, 11) is -9.80. The predicted molar refractivity (Wildman–Crippen MR) is 186 cm³/mol. The lowest BCUT2D eigenvalue weighted by atomic mass is 9.87. The molecule has 264 valence electrons. The van der Waals surface area contributed by atoms with Gasteiger partial charge in [0.25, 0.3) is 26.1 Å². The number of aliphatic imine (C=N–C) groups is 1. The highest BCUT2D eigenvalue weighted by atomic mass is 32.2. The molecule has 0 unspecified atom stereocenters. The zero-order valence-electron chi connectivity index (χ0n) is 27.4. The highest BCUT2D eigenvalue weighted by Gasteiger charge is 2.35. The van der Waals surface area contributed by atoms with Crippen LogP contribution in [0.5, 0.6) is 0 Å². The Morgan fingerprint density at radius 1 is 0.900 bits per heavy atom. The third kappa shape index (κ3) is 7.96. The van der Waals surface area contributed by atoms with E-state index in [1.807, 2.05) is 50.8 Å². The van der Waals surface area contributed by atoms with Crippen LogP contribution in [0, 0.1) is 12.3 Å². The fraction of sp³-hybridized carbons (Fsp3) is 0.281. The van der Waals surface area contributed by atoms with Gasteiger partial charge in [-0.15, -0.1) is 9.89 Å². The average molecular weight is 726 g/mol. The van der Waals surface area contributed by atoms with E-state index >= 15 is 0 Å². The van der Waals surface area contributed by atoms with Crippen molar-refractivity contribution in [1.29, 1.82) is 0 Å². The van der Waals surface area contributed by atoms with E-state index in [2.05, 4.69) is 10.4 Å². The minimum absolute atomic E-state index is 0.0571. The summed E-state index contributed by atoms with van der Waals surface area (Å²) in [5, 5.41) is 30.6. The zero-order chi connectivity index (χ0) is 36.6. The van der Waals surface area contributed by atoms with Crippen LogP contribution in [0.4, 0.5) is 17.1 Å². The van der Waals surface area contributed by atoms with Crippen LogP contribution in [0.1, 0.15) is 42.5 Å². The Morgan fingerprint density at radius 2 is 1.50 bits per heavy atom. The Kier molecular flexibility index (Phi) is 10.1.